The van der Waals surface area contributed by atoms with Crippen molar-refractivity contribution < 1.29 is 0 Å². The van der Waals surface area contributed by atoms with Gasteiger partial charge in [0.1, 0.15) is 0 Å². The summed E-state index contributed by atoms with van der Waals surface area (Å²) in [5, 5.41) is 14.6. The summed E-state index contributed by atoms with van der Waals surface area (Å²) in [4.78, 5) is 4.74. The summed E-state index contributed by atoms with van der Waals surface area (Å²) < 4.78 is 2.58. The van der Waals surface area contributed by atoms with Crippen LogP contribution in [0, 0.1) is 0 Å². The van der Waals surface area contributed by atoms with Gasteiger partial charge in [-0.1, -0.05) is 164 Å². The lowest BCUT2D eigenvalue weighted by Gasteiger charge is -2.26. The Morgan fingerprint density at radius 1 is 0.222 bits per heavy atom. The highest BCUT2D eigenvalue weighted by Gasteiger charge is 2.19. The first-order chi connectivity index (χ1) is 31.3. The van der Waals surface area contributed by atoms with Gasteiger partial charge in [0.25, 0.3) is 0 Å². The van der Waals surface area contributed by atoms with Gasteiger partial charge < -0.3 is 9.80 Å². The van der Waals surface area contributed by atoms with Gasteiger partial charge >= 0.3 is 0 Å². The molecule has 12 rings (SSSR count). The first-order valence-electron chi connectivity index (χ1n) is 21.5. The van der Waals surface area contributed by atoms with Crippen molar-refractivity contribution in [1.82, 2.24) is 0 Å². The molecule has 0 fully saturated rings. The maximum atomic E-state index is 2.43. The molecule has 1 heterocycles. The van der Waals surface area contributed by atoms with E-state index < -0.39 is 0 Å². The summed E-state index contributed by atoms with van der Waals surface area (Å²) in [6.07, 6.45) is 0. The molecule has 0 atom stereocenters. The lowest BCUT2D eigenvalue weighted by atomic mass is 9.93. The van der Waals surface area contributed by atoms with E-state index in [0.29, 0.717) is 0 Å². The Bertz CT molecular complexity index is 3650. The van der Waals surface area contributed by atoms with Crippen molar-refractivity contribution in [3.63, 3.8) is 0 Å². The largest absolute Gasteiger partial charge is 0.310 e. The van der Waals surface area contributed by atoms with E-state index in [1.807, 2.05) is 11.3 Å². The van der Waals surface area contributed by atoms with Crippen LogP contribution in [0.2, 0.25) is 0 Å². The Kier molecular flexibility index (Phi) is 9.06. The quantitative estimate of drug-likeness (QED) is 0.165. The maximum Gasteiger partial charge on any atom is 0.0468 e. The van der Waals surface area contributed by atoms with Gasteiger partial charge in [0.05, 0.1) is 0 Å². The molecule has 0 bridgehead atoms. The highest BCUT2D eigenvalue weighted by atomic mass is 32.1. The van der Waals surface area contributed by atoms with Crippen molar-refractivity contribution in [2.75, 3.05) is 9.80 Å². The number of hydrogen-bond acceptors (Lipinski definition) is 3. The van der Waals surface area contributed by atoms with Crippen LogP contribution in [0.5, 0.6) is 0 Å². The highest BCUT2D eigenvalue weighted by Crippen LogP contribution is 2.46. The van der Waals surface area contributed by atoms with Crippen LogP contribution in [0.15, 0.2) is 243 Å². The normalized spacial score (nSPS) is 11.5. The molecule has 1 aromatic heterocycles. The molecular formula is C60H40N2S. The Hall–Kier alpha value is -7.98. The molecule has 0 aliphatic carbocycles. The van der Waals surface area contributed by atoms with Crippen LogP contribution in [0.1, 0.15) is 0 Å². The number of anilines is 6. The Balaban J connectivity index is 1.29. The standard InChI is InChI=1S/C60H40N2S/c1-5-19-41(20-6-1)61(42-21-7-2-8-22-42)45-33-35-50-47-27-13-14-28-48(47)51-36-34-46(62(43-23-9-3-10-24-43)44-25-11-4-12-26-44)40-57(51)54-37-38-55-52-30-17-18-32-58(52)63-60(55)59(54)53-31-16-15-29-49(53)56(50)39-45/h1-40H. The molecule has 63 heavy (non-hydrogen) atoms. The summed E-state index contributed by atoms with van der Waals surface area (Å²) >= 11 is 1.90. The number of thiophene rings is 1. The van der Waals surface area contributed by atoms with Crippen LogP contribution >= 0.6 is 11.3 Å². The zero-order valence-electron chi connectivity index (χ0n) is 34.4. The molecule has 0 spiro atoms. The summed E-state index contributed by atoms with van der Waals surface area (Å²) in [6, 6.07) is 88.7. The third kappa shape index (κ3) is 6.33. The minimum absolute atomic E-state index is 1.10. The van der Waals surface area contributed by atoms with Gasteiger partial charge in [0, 0.05) is 59.7 Å². The number of nitrogens with zero attached hydrogens (tertiary/aromatic N) is 2. The monoisotopic (exact) mass is 820 g/mol. The van der Waals surface area contributed by atoms with E-state index in [9.17, 15) is 0 Å². The summed E-state index contributed by atoms with van der Waals surface area (Å²) in [6.45, 7) is 0. The average Bonchev–Trinajstić information content (AvgIpc) is 3.74. The maximum absolute atomic E-state index is 2.43. The molecule has 0 aliphatic heterocycles. The number of hydrogen-bond donors (Lipinski definition) is 0. The van der Waals surface area contributed by atoms with E-state index >= 15 is 0 Å². The van der Waals surface area contributed by atoms with Gasteiger partial charge in [-0.05, 0) is 127 Å². The predicted octanol–water partition coefficient (Wildman–Crippen LogP) is 17.9. The second-order valence-corrected chi connectivity index (χ2v) is 17.1. The van der Waals surface area contributed by atoms with E-state index in [2.05, 4.69) is 252 Å². The van der Waals surface area contributed by atoms with E-state index in [1.165, 1.54) is 74.0 Å². The minimum atomic E-state index is 1.10. The summed E-state index contributed by atoms with van der Waals surface area (Å²) in [7, 11) is 0. The van der Waals surface area contributed by atoms with Crippen LogP contribution in [0.3, 0.4) is 0 Å². The lowest BCUT2D eigenvalue weighted by Crippen LogP contribution is -2.09. The third-order valence-corrected chi connectivity index (χ3v) is 13.6. The second-order valence-electron chi connectivity index (χ2n) is 16.0. The van der Waals surface area contributed by atoms with Crippen LogP contribution in [0.25, 0.3) is 74.0 Å². The van der Waals surface area contributed by atoms with Crippen molar-refractivity contribution in [1.29, 1.82) is 0 Å². The smallest absolute Gasteiger partial charge is 0.0468 e. The minimum Gasteiger partial charge on any atom is -0.310 e. The van der Waals surface area contributed by atoms with E-state index in [-0.39, 0.29) is 0 Å². The number of benzene rings is 10. The molecular weight excluding hydrogens is 781 g/mol. The predicted molar refractivity (Wildman–Crippen MR) is 274 cm³/mol. The first kappa shape index (κ1) is 36.8. The second kappa shape index (κ2) is 15.5. The molecule has 0 aliphatic rings. The lowest BCUT2D eigenvalue weighted by molar-refractivity contribution is 1.29. The van der Waals surface area contributed by atoms with Gasteiger partial charge in [-0.15, -0.1) is 11.3 Å². The topological polar surface area (TPSA) is 6.48 Å². The average molecular weight is 821 g/mol. The van der Waals surface area contributed by atoms with Crippen molar-refractivity contribution in [2.24, 2.45) is 0 Å². The van der Waals surface area contributed by atoms with Crippen molar-refractivity contribution in [2.45, 2.75) is 0 Å². The van der Waals surface area contributed by atoms with Crippen molar-refractivity contribution >= 4 is 119 Å². The zero-order chi connectivity index (χ0) is 41.7. The SMILES string of the molecule is c1ccc(N(c2ccccc2)c2ccc3c4ccccc4c4ccc(N(c5ccccc5)c5ccccc5)cc4c4ccc5c6ccccc6sc5c4c4ccccc4c3c2)cc1. The fourth-order valence-electron chi connectivity index (χ4n) is 9.63. The Morgan fingerprint density at radius 2 is 0.540 bits per heavy atom. The number of fused-ring (bicyclic) bond motifs is 14. The number of para-hydroxylation sites is 4. The van der Waals surface area contributed by atoms with E-state index in [0.717, 1.165) is 34.1 Å². The highest BCUT2D eigenvalue weighted by molar-refractivity contribution is 7.26. The molecule has 12 aromatic rings. The van der Waals surface area contributed by atoms with E-state index in [1.54, 1.807) is 0 Å². The molecule has 0 N–H and O–H groups in total. The Morgan fingerprint density at radius 3 is 1.02 bits per heavy atom. The first-order valence-corrected chi connectivity index (χ1v) is 22.3. The molecule has 296 valence electrons. The molecule has 0 saturated heterocycles. The third-order valence-electron chi connectivity index (χ3n) is 12.4. The van der Waals surface area contributed by atoms with Gasteiger partial charge in [0.15, 0.2) is 0 Å². The zero-order valence-corrected chi connectivity index (χ0v) is 35.2. The molecule has 0 amide bonds. The van der Waals surface area contributed by atoms with Crippen molar-refractivity contribution in [3.05, 3.63) is 243 Å². The van der Waals surface area contributed by atoms with E-state index in [4.69, 9.17) is 0 Å². The van der Waals surface area contributed by atoms with Crippen LogP contribution in [0.4, 0.5) is 34.1 Å². The molecule has 3 heteroatoms. The number of rotatable bonds is 6. The van der Waals surface area contributed by atoms with Gasteiger partial charge in [-0.25, -0.2) is 0 Å². The fourth-order valence-corrected chi connectivity index (χ4v) is 10.9. The molecule has 0 unspecified atom stereocenters. The Labute approximate surface area is 370 Å². The van der Waals surface area contributed by atoms with Gasteiger partial charge in [-0.2, -0.15) is 0 Å². The fraction of sp³-hybridized carbons (Fsp3) is 0. The van der Waals surface area contributed by atoms with Crippen LogP contribution in [-0.2, 0) is 0 Å². The van der Waals surface area contributed by atoms with Gasteiger partial charge in [-0.3, -0.25) is 0 Å². The summed E-state index contributed by atoms with van der Waals surface area (Å²) in [5.74, 6) is 0. The molecule has 0 saturated carbocycles. The summed E-state index contributed by atoms with van der Waals surface area (Å²) in [5.41, 5.74) is 6.64. The van der Waals surface area contributed by atoms with Gasteiger partial charge in [0.2, 0.25) is 0 Å². The van der Waals surface area contributed by atoms with Crippen molar-refractivity contribution in [3.8, 4) is 0 Å². The molecule has 2 nitrogen and oxygen atoms in total. The molecule has 0 radical (unpaired) electrons. The van der Waals surface area contributed by atoms with Crippen LogP contribution in [-0.4, -0.2) is 0 Å². The van der Waals surface area contributed by atoms with Crippen LogP contribution < -0.4 is 9.80 Å². The molecule has 11 aromatic carbocycles.